The second-order valence-corrected chi connectivity index (χ2v) is 8.34. The average molecular weight is 467 g/mol. The zero-order valence-electron chi connectivity index (χ0n) is 18.7. The molecule has 0 bridgehead atoms. The lowest BCUT2D eigenvalue weighted by Gasteiger charge is -2.27. The number of nitrogens with zero attached hydrogens (tertiary/aromatic N) is 2. The van der Waals surface area contributed by atoms with Crippen LogP contribution in [-0.4, -0.2) is 45.0 Å². The molecule has 178 valence electrons. The number of amides is 1. The number of methoxy groups -OCH3 is 1. The third-order valence-corrected chi connectivity index (χ3v) is 6.17. The van der Waals surface area contributed by atoms with Crippen molar-refractivity contribution in [1.82, 2.24) is 15.1 Å². The molecule has 1 atom stereocenters. The molecule has 2 aromatic carbocycles. The second kappa shape index (κ2) is 9.94. The van der Waals surface area contributed by atoms with Gasteiger partial charge in [0.15, 0.2) is 5.69 Å². The van der Waals surface area contributed by atoms with Gasteiger partial charge in [-0.15, -0.1) is 0 Å². The number of aromatic nitrogens is 2. The van der Waals surface area contributed by atoms with Crippen LogP contribution in [0.1, 0.15) is 42.6 Å². The summed E-state index contributed by atoms with van der Waals surface area (Å²) in [5.41, 5.74) is 1.04. The van der Waals surface area contributed by atoms with Gasteiger partial charge in [-0.05, 0) is 61.2 Å². The van der Waals surface area contributed by atoms with Gasteiger partial charge in [0.25, 0.3) is 5.91 Å². The fraction of sp³-hybridized carbons (Fsp3) is 0.320. The molecule has 0 spiro atoms. The van der Waals surface area contributed by atoms with Crippen molar-refractivity contribution in [3.05, 3.63) is 60.0 Å². The molecule has 1 aliphatic rings. The summed E-state index contributed by atoms with van der Waals surface area (Å²) < 4.78 is 20.3. The van der Waals surface area contributed by atoms with E-state index in [0.29, 0.717) is 22.7 Å². The minimum Gasteiger partial charge on any atom is -0.507 e. The molecule has 9 heteroatoms. The normalized spacial score (nSPS) is 15.0. The van der Waals surface area contributed by atoms with Crippen molar-refractivity contribution in [1.29, 1.82) is 0 Å². The molecule has 1 saturated carbocycles. The highest BCUT2D eigenvalue weighted by Gasteiger charge is 2.32. The molecule has 0 saturated heterocycles. The van der Waals surface area contributed by atoms with E-state index in [2.05, 4.69) is 10.4 Å². The van der Waals surface area contributed by atoms with E-state index in [9.17, 15) is 24.2 Å². The minimum atomic E-state index is -1.08. The predicted octanol–water partition coefficient (Wildman–Crippen LogP) is 4.16. The molecule has 0 aliphatic heterocycles. The highest BCUT2D eigenvalue weighted by Crippen LogP contribution is 2.39. The molecule has 0 radical (unpaired) electrons. The van der Waals surface area contributed by atoms with Crippen LogP contribution in [0.3, 0.4) is 0 Å². The smallest absolute Gasteiger partial charge is 0.326 e. The lowest BCUT2D eigenvalue weighted by atomic mass is 9.84. The van der Waals surface area contributed by atoms with Crippen molar-refractivity contribution < 1.29 is 28.9 Å². The molecule has 1 fully saturated rings. The average Bonchev–Trinajstić information content (AvgIpc) is 3.28. The van der Waals surface area contributed by atoms with E-state index >= 15 is 0 Å². The maximum Gasteiger partial charge on any atom is 0.326 e. The first-order chi connectivity index (χ1) is 16.4. The van der Waals surface area contributed by atoms with Gasteiger partial charge in [0.05, 0.1) is 24.1 Å². The van der Waals surface area contributed by atoms with Gasteiger partial charge >= 0.3 is 5.97 Å². The third-order valence-electron chi connectivity index (χ3n) is 6.17. The quantitative estimate of drug-likeness (QED) is 0.481. The van der Waals surface area contributed by atoms with E-state index in [1.165, 1.54) is 48.2 Å². The Hall–Kier alpha value is -3.88. The first-order valence-corrected chi connectivity index (χ1v) is 11.1. The van der Waals surface area contributed by atoms with Crippen LogP contribution in [0.25, 0.3) is 16.9 Å². The monoisotopic (exact) mass is 467 g/mol. The summed E-state index contributed by atoms with van der Waals surface area (Å²) in [7, 11) is 1.45. The van der Waals surface area contributed by atoms with Crippen molar-refractivity contribution in [3.63, 3.8) is 0 Å². The Labute approximate surface area is 196 Å². The summed E-state index contributed by atoms with van der Waals surface area (Å²) in [5, 5.41) is 27.3. The van der Waals surface area contributed by atoms with E-state index in [1.807, 2.05) is 0 Å². The number of benzene rings is 2. The zero-order valence-corrected chi connectivity index (χ0v) is 18.7. The van der Waals surface area contributed by atoms with Gasteiger partial charge in [0, 0.05) is 0 Å². The lowest BCUT2D eigenvalue weighted by Crippen LogP contribution is -2.46. The summed E-state index contributed by atoms with van der Waals surface area (Å²) in [6, 6.07) is 10.7. The first-order valence-electron chi connectivity index (χ1n) is 11.1. The summed E-state index contributed by atoms with van der Waals surface area (Å²) in [6.45, 7) is 0. The second-order valence-electron chi connectivity index (χ2n) is 8.34. The number of carbonyl (C=O) groups is 2. The van der Waals surface area contributed by atoms with Crippen LogP contribution < -0.4 is 10.1 Å². The summed E-state index contributed by atoms with van der Waals surface area (Å²) in [6.07, 6.45) is 4.40. The Kier molecular flexibility index (Phi) is 6.81. The lowest BCUT2D eigenvalue weighted by molar-refractivity contribution is -0.141. The topological polar surface area (TPSA) is 114 Å². The number of nitrogens with one attached hydrogen (secondary N) is 1. The Bertz CT molecular complexity index is 1190. The van der Waals surface area contributed by atoms with E-state index < -0.39 is 23.7 Å². The summed E-state index contributed by atoms with van der Waals surface area (Å²) in [5.74, 6) is -2.06. The highest BCUT2D eigenvalue weighted by atomic mass is 19.1. The molecule has 34 heavy (non-hydrogen) atoms. The van der Waals surface area contributed by atoms with Gasteiger partial charge in [-0.25, -0.2) is 13.9 Å². The number of aromatic hydroxyl groups is 1. The number of aliphatic carboxylic acids is 1. The van der Waals surface area contributed by atoms with Crippen LogP contribution in [-0.2, 0) is 4.79 Å². The number of phenolic OH excluding ortho intramolecular Hbond substituents is 1. The predicted molar refractivity (Wildman–Crippen MR) is 123 cm³/mol. The Morgan fingerprint density at radius 3 is 2.50 bits per heavy atom. The summed E-state index contributed by atoms with van der Waals surface area (Å²) in [4.78, 5) is 25.0. The minimum absolute atomic E-state index is 0.0355. The van der Waals surface area contributed by atoms with Crippen molar-refractivity contribution >= 4 is 11.9 Å². The number of hydrogen-bond acceptors (Lipinski definition) is 5. The molecule has 1 amide bonds. The van der Waals surface area contributed by atoms with Crippen molar-refractivity contribution in [3.8, 4) is 28.4 Å². The van der Waals surface area contributed by atoms with E-state index in [-0.39, 0.29) is 17.4 Å². The highest BCUT2D eigenvalue weighted by molar-refractivity contribution is 5.96. The van der Waals surface area contributed by atoms with Crippen molar-refractivity contribution in [2.45, 2.75) is 38.1 Å². The number of halogens is 1. The molecule has 1 aromatic heterocycles. The molecule has 4 rings (SSSR count). The van der Waals surface area contributed by atoms with Gasteiger partial charge < -0.3 is 20.3 Å². The van der Waals surface area contributed by atoms with Gasteiger partial charge in [-0.2, -0.15) is 5.10 Å². The molecule has 1 unspecified atom stereocenters. The maximum absolute atomic E-state index is 13.5. The standard InChI is InChI=1S/C25H26FN3O5/c1-34-21-9-5-8-20(30)22(21)19-14-18(28-29(19)17-12-10-16(26)11-13-17)24(31)27-23(25(32)33)15-6-3-2-4-7-15/h5,8-15,23,30H,2-4,6-7H2,1H3,(H,27,31)(H,32,33). The van der Waals surface area contributed by atoms with Crippen LogP contribution >= 0.6 is 0 Å². The number of hydrogen-bond donors (Lipinski definition) is 3. The summed E-state index contributed by atoms with van der Waals surface area (Å²) >= 11 is 0. The van der Waals surface area contributed by atoms with Gasteiger partial charge in [-0.1, -0.05) is 25.3 Å². The van der Waals surface area contributed by atoms with Crippen LogP contribution in [0.5, 0.6) is 11.5 Å². The number of carbonyl (C=O) groups excluding carboxylic acids is 1. The molecule has 8 nitrogen and oxygen atoms in total. The fourth-order valence-corrected chi connectivity index (χ4v) is 4.46. The van der Waals surface area contributed by atoms with Crippen LogP contribution in [0.2, 0.25) is 0 Å². The Balaban J connectivity index is 1.75. The van der Waals surface area contributed by atoms with Crippen LogP contribution in [0.15, 0.2) is 48.5 Å². The van der Waals surface area contributed by atoms with Crippen LogP contribution in [0.4, 0.5) is 4.39 Å². The fourth-order valence-electron chi connectivity index (χ4n) is 4.46. The SMILES string of the molecule is COc1cccc(O)c1-c1cc(C(=O)NC(C(=O)O)C2CCCCC2)nn1-c1ccc(F)cc1. The molecule has 3 aromatic rings. The maximum atomic E-state index is 13.5. The third kappa shape index (κ3) is 4.73. The largest absolute Gasteiger partial charge is 0.507 e. The molecule has 1 heterocycles. The number of carboxylic acid groups (broad SMARTS) is 1. The van der Waals surface area contributed by atoms with Crippen LogP contribution in [0, 0.1) is 11.7 Å². The molecular weight excluding hydrogens is 441 g/mol. The number of carboxylic acids is 1. The van der Waals surface area contributed by atoms with Gasteiger partial charge in [0.1, 0.15) is 23.4 Å². The van der Waals surface area contributed by atoms with Gasteiger partial charge in [-0.3, -0.25) is 4.79 Å². The van der Waals surface area contributed by atoms with Gasteiger partial charge in [0.2, 0.25) is 0 Å². The Morgan fingerprint density at radius 1 is 1.15 bits per heavy atom. The van der Waals surface area contributed by atoms with Crippen molar-refractivity contribution in [2.75, 3.05) is 7.11 Å². The number of ether oxygens (including phenoxy) is 1. The van der Waals surface area contributed by atoms with E-state index in [0.717, 1.165) is 32.1 Å². The molecular formula is C25H26FN3O5. The first kappa shape index (κ1) is 23.3. The van der Waals surface area contributed by atoms with Crippen molar-refractivity contribution in [2.24, 2.45) is 5.92 Å². The number of phenols is 1. The Morgan fingerprint density at radius 2 is 1.85 bits per heavy atom. The number of rotatable bonds is 7. The van der Waals surface area contributed by atoms with E-state index in [1.54, 1.807) is 12.1 Å². The molecule has 1 aliphatic carbocycles. The van der Waals surface area contributed by atoms with E-state index in [4.69, 9.17) is 4.74 Å². The molecule has 3 N–H and O–H groups in total. The zero-order chi connectivity index (χ0) is 24.2.